The maximum atomic E-state index is 13.6. The average Bonchev–Trinajstić information content (AvgIpc) is 2.33. The van der Waals surface area contributed by atoms with Crippen LogP contribution in [0.5, 0.6) is 0 Å². The fraction of sp³-hybridized carbons (Fsp3) is 0.417. The second-order valence-electron chi connectivity index (χ2n) is 3.31. The average molecular weight is 255 g/mol. The van der Waals surface area contributed by atoms with E-state index in [1.54, 1.807) is 13.8 Å². The lowest BCUT2D eigenvalue weighted by atomic mass is 10.0. The van der Waals surface area contributed by atoms with E-state index in [1.807, 2.05) is 0 Å². The van der Waals surface area contributed by atoms with Gasteiger partial charge < -0.3 is 9.47 Å². The maximum absolute atomic E-state index is 13.6. The van der Waals surface area contributed by atoms with Gasteiger partial charge in [-0.15, -0.1) is 0 Å². The standard InChI is InChI=1S/C12H14FNO4/c1-3-17-11(15)9(12(16)18-4-2)10-8(13)6-5-7-14-10/h5-7,9H,3-4H2,1-2H3. The van der Waals surface area contributed by atoms with Crippen molar-refractivity contribution in [3.8, 4) is 0 Å². The molecule has 0 amide bonds. The van der Waals surface area contributed by atoms with Crippen molar-refractivity contribution in [2.45, 2.75) is 19.8 Å². The molecule has 0 unspecified atom stereocenters. The molecule has 0 N–H and O–H groups in total. The van der Waals surface area contributed by atoms with Crippen LogP contribution in [0.3, 0.4) is 0 Å². The van der Waals surface area contributed by atoms with Crippen molar-refractivity contribution in [2.75, 3.05) is 13.2 Å². The lowest BCUT2D eigenvalue weighted by molar-refractivity contribution is -0.157. The van der Waals surface area contributed by atoms with Crippen LogP contribution in [0.2, 0.25) is 0 Å². The minimum Gasteiger partial charge on any atom is -0.465 e. The Labute approximate surface area is 104 Å². The quantitative estimate of drug-likeness (QED) is 0.588. The van der Waals surface area contributed by atoms with E-state index in [0.717, 1.165) is 6.07 Å². The van der Waals surface area contributed by atoms with Crippen LogP contribution in [0, 0.1) is 5.82 Å². The predicted molar refractivity (Wildman–Crippen MR) is 60.2 cm³/mol. The first-order valence-corrected chi connectivity index (χ1v) is 5.55. The van der Waals surface area contributed by atoms with E-state index in [-0.39, 0.29) is 18.9 Å². The van der Waals surface area contributed by atoms with E-state index in [1.165, 1.54) is 12.3 Å². The molecule has 0 atom stereocenters. The van der Waals surface area contributed by atoms with Crippen molar-refractivity contribution in [1.82, 2.24) is 4.98 Å². The molecular weight excluding hydrogens is 241 g/mol. The Hall–Kier alpha value is -1.98. The van der Waals surface area contributed by atoms with Crippen molar-refractivity contribution in [2.24, 2.45) is 0 Å². The second kappa shape index (κ2) is 6.68. The number of hydrogen-bond donors (Lipinski definition) is 0. The number of hydrogen-bond acceptors (Lipinski definition) is 5. The zero-order chi connectivity index (χ0) is 13.5. The third-order valence-electron chi connectivity index (χ3n) is 2.10. The van der Waals surface area contributed by atoms with Crippen LogP contribution < -0.4 is 0 Å². The molecule has 0 aliphatic carbocycles. The zero-order valence-electron chi connectivity index (χ0n) is 10.2. The van der Waals surface area contributed by atoms with E-state index < -0.39 is 23.7 Å². The number of carbonyl (C=O) groups excluding carboxylic acids is 2. The molecule has 5 nitrogen and oxygen atoms in total. The zero-order valence-corrected chi connectivity index (χ0v) is 10.2. The summed E-state index contributed by atoms with van der Waals surface area (Å²) in [6, 6.07) is 2.49. The van der Waals surface area contributed by atoms with Gasteiger partial charge in [-0.3, -0.25) is 14.6 Å². The molecule has 1 aromatic heterocycles. The highest BCUT2D eigenvalue weighted by Gasteiger charge is 2.34. The highest BCUT2D eigenvalue weighted by Crippen LogP contribution is 2.20. The van der Waals surface area contributed by atoms with Crippen LogP contribution in [0.4, 0.5) is 4.39 Å². The van der Waals surface area contributed by atoms with Gasteiger partial charge in [0.2, 0.25) is 0 Å². The molecule has 1 heterocycles. The van der Waals surface area contributed by atoms with Gasteiger partial charge in [0, 0.05) is 6.20 Å². The van der Waals surface area contributed by atoms with Gasteiger partial charge in [-0.2, -0.15) is 0 Å². The molecule has 0 radical (unpaired) electrons. The Balaban J connectivity index is 3.08. The summed E-state index contributed by atoms with van der Waals surface area (Å²) >= 11 is 0. The first-order chi connectivity index (χ1) is 8.61. The maximum Gasteiger partial charge on any atom is 0.326 e. The Morgan fingerprint density at radius 2 is 1.83 bits per heavy atom. The molecule has 1 aromatic rings. The summed E-state index contributed by atoms with van der Waals surface area (Å²) in [5.41, 5.74) is -0.283. The number of esters is 2. The van der Waals surface area contributed by atoms with Crippen LogP contribution in [-0.2, 0) is 19.1 Å². The van der Waals surface area contributed by atoms with Crippen LogP contribution in [0.15, 0.2) is 18.3 Å². The lowest BCUT2D eigenvalue weighted by Gasteiger charge is -2.14. The van der Waals surface area contributed by atoms with Crippen LogP contribution >= 0.6 is 0 Å². The number of rotatable bonds is 5. The SMILES string of the molecule is CCOC(=O)C(C(=O)OCC)c1ncccc1F. The normalized spacial score (nSPS) is 10.2. The molecular formula is C12H14FNO4. The Morgan fingerprint density at radius 1 is 1.28 bits per heavy atom. The Kier molecular flexibility index (Phi) is 5.23. The first kappa shape index (κ1) is 14.1. The number of ether oxygens (including phenoxy) is 2. The van der Waals surface area contributed by atoms with Gasteiger partial charge in [-0.1, -0.05) is 0 Å². The predicted octanol–water partition coefficient (Wildman–Crippen LogP) is 1.43. The third-order valence-corrected chi connectivity index (χ3v) is 2.10. The highest BCUT2D eigenvalue weighted by atomic mass is 19.1. The van der Waals surface area contributed by atoms with Gasteiger partial charge in [0.25, 0.3) is 0 Å². The minimum absolute atomic E-state index is 0.0865. The summed E-state index contributed by atoms with van der Waals surface area (Å²) in [4.78, 5) is 27.1. The van der Waals surface area contributed by atoms with Crippen molar-refractivity contribution in [3.05, 3.63) is 29.8 Å². The number of halogens is 1. The molecule has 0 saturated carbocycles. The summed E-state index contributed by atoms with van der Waals surface area (Å²) in [5, 5.41) is 0. The fourth-order valence-corrected chi connectivity index (χ4v) is 1.38. The largest absolute Gasteiger partial charge is 0.465 e. The smallest absolute Gasteiger partial charge is 0.326 e. The van der Waals surface area contributed by atoms with Crippen molar-refractivity contribution >= 4 is 11.9 Å². The van der Waals surface area contributed by atoms with Crippen LogP contribution in [-0.4, -0.2) is 30.1 Å². The van der Waals surface area contributed by atoms with E-state index in [2.05, 4.69) is 4.98 Å². The van der Waals surface area contributed by atoms with Crippen LogP contribution in [0.1, 0.15) is 25.5 Å². The molecule has 18 heavy (non-hydrogen) atoms. The summed E-state index contributed by atoms with van der Waals surface area (Å²) in [6.07, 6.45) is 1.30. The second-order valence-corrected chi connectivity index (χ2v) is 3.31. The van der Waals surface area contributed by atoms with Gasteiger partial charge in [-0.05, 0) is 26.0 Å². The first-order valence-electron chi connectivity index (χ1n) is 5.55. The number of nitrogens with zero attached hydrogens (tertiary/aromatic N) is 1. The highest BCUT2D eigenvalue weighted by molar-refractivity contribution is 6.00. The topological polar surface area (TPSA) is 65.5 Å². The van der Waals surface area contributed by atoms with E-state index in [4.69, 9.17) is 9.47 Å². The Morgan fingerprint density at radius 3 is 2.28 bits per heavy atom. The van der Waals surface area contributed by atoms with Gasteiger partial charge in [-0.25, -0.2) is 4.39 Å². The fourth-order valence-electron chi connectivity index (χ4n) is 1.38. The molecule has 1 rings (SSSR count). The summed E-state index contributed by atoms with van der Waals surface area (Å²) in [6.45, 7) is 3.36. The van der Waals surface area contributed by atoms with Gasteiger partial charge in [0.05, 0.1) is 13.2 Å². The van der Waals surface area contributed by atoms with E-state index in [0.29, 0.717) is 0 Å². The number of carbonyl (C=O) groups is 2. The number of pyridine rings is 1. The van der Waals surface area contributed by atoms with Gasteiger partial charge in [0.15, 0.2) is 5.92 Å². The molecule has 0 bridgehead atoms. The summed E-state index contributed by atoms with van der Waals surface area (Å²) < 4.78 is 23.0. The van der Waals surface area contributed by atoms with Gasteiger partial charge >= 0.3 is 11.9 Å². The molecule has 6 heteroatoms. The van der Waals surface area contributed by atoms with Crippen molar-refractivity contribution in [3.63, 3.8) is 0 Å². The molecule has 0 aliphatic heterocycles. The molecule has 0 fully saturated rings. The monoisotopic (exact) mass is 255 g/mol. The lowest BCUT2D eigenvalue weighted by Crippen LogP contribution is -2.27. The summed E-state index contributed by atoms with van der Waals surface area (Å²) in [7, 11) is 0. The Bertz CT molecular complexity index is 418. The minimum atomic E-state index is -1.48. The van der Waals surface area contributed by atoms with Gasteiger partial charge in [0.1, 0.15) is 11.5 Å². The molecule has 0 aromatic carbocycles. The van der Waals surface area contributed by atoms with Crippen molar-refractivity contribution in [1.29, 1.82) is 0 Å². The molecule has 0 saturated heterocycles. The molecule has 0 spiro atoms. The van der Waals surface area contributed by atoms with Crippen molar-refractivity contribution < 1.29 is 23.5 Å². The third kappa shape index (κ3) is 3.26. The molecule has 98 valence electrons. The number of aromatic nitrogens is 1. The van der Waals surface area contributed by atoms with E-state index >= 15 is 0 Å². The van der Waals surface area contributed by atoms with Crippen LogP contribution in [0.25, 0.3) is 0 Å². The molecule has 0 aliphatic rings. The summed E-state index contributed by atoms with van der Waals surface area (Å²) in [5.74, 6) is -3.96. The van der Waals surface area contributed by atoms with E-state index in [9.17, 15) is 14.0 Å².